The number of ketones is 1. The van der Waals surface area contributed by atoms with E-state index >= 15 is 0 Å². The van der Waals surface area contributed by atoms with Gasteiger partial charge < -0.3 is 10.5 Å². The topological polar surface area (TPSA) is 52.3 Å². The summed E-state index contributed by atoms with van der Waals surface area (Å²) in [6.45, 7) is 1.99. The molecule has 1 aromatic carbocycles. The molecule has 3 nitrogen and oxygen atoms in total. The molecule has 0 heterocycles. The van der Waals surface area contributed by atoms with Crippen LogP contribution < -0.4 is 10.5 Å². The first-order valence-corrected chi connectivity index (χ1v) is 5.56. The van der Waals surface area contributed by atoms with Crippen LogP contribution in [-0.4, -0.2) is 18.9 Å². The Labute approximate surface area is 96.6 Å². The van der Waals surface area contributed by atoms with Crippen LogP contribution in [0.2, 0.25) is 0 Å². The minimum atomic E-state index is -0.0257. The summed E-state index contributed by atoms with van der Waals surface area (Å²) in [5.41, 5.74) is 6.67. The molecule has 0 saturated carbocycles. The molecule has 0 aliphatic carbocycles. The van der Waals surface area contributed by atoms with E-state index in [1.807, 2.05) is 31.2 Å². The van der Waals surface area contributed by atoms with Crippen LogP contribution in [0.5, 0.6) is 5.75 Å². The van der Waals surface area contributed by atoms with E-state index < -0.39 is 0 Å². The molecule has 16 heavy (non-hydrogen) atoms. The van der Waals surface area contributed by atoms with E-state index in [1.54, 1.807) is 7.11 Å². The molecule has 0 amide bonds. The minimum Gasteiger partial charge on any atom is -0.496 e. The SMILES string of the molecule is CCC(N)CC(=O)Cc1ccccc1OC. The number of carbonyl (C=O) groups is 1. The number of hydrogen-bond donors (Lipinski definition) is 1. The average molecular weight is 221 g/mol. The summed E-state index contributed by atoms with van der Waals surface area (Å²) >= 11 is 0. The highest BCUT2D eigenvalue weighted by Gasteiger charge is 2.11. The van der Waals surface area contributed by atoms with Crippen LogP contribution in [-0.2, 0) is 11.2 Å². The molecule has 1 aromatic rings. The Balaban J connectivity index is 2.62. The molecule has 2 N–H and O–H groups in total. The van der Waals surface area contributed by atoms with E-state index in [-0.39, 0.29) is 11.8 Å². The molecular formula is C13H19NO2. The van der Waals surface area contributed by atoms with Gasteiger partial charge in [0.1, 0.15) is 11.5 Å². The molecule has 1 unspecified atom stereocenters. The summed E-state index contributed by atoms with van der Waals surface area (Å²) in [4.78, 5) is 11.7. The largest absolute Gasteiger partial charge is 0.496 e. The zero-order valence-corrected chi connectivity index (χ0v) is 9.90. The zero-order chi connectivity index (χ0) is 12.0. The maximum Gasteiger partial charge on any atom is 0.138 e. The van der Waals surface area contributed by atoms with Gasteiger partial charge in [-0.3, -0.25) is 4.79 Å². The molecule has 0 aliphatic heterocycles. The number of methoxy groups -OCH3 is 1. The van der Waals surface area contributed by atoms with Crippen LogP contribution in [0.1, 0.15) is 25.3 Å². The summed E-state index contributed by atoms with van der Waals surface area (Å²) in [7, 11) is 1.61. The van der Waals surface area contributed by atoms with E-state index in [4.69, 9.17) is 10.5 Å². The van der Waals surface area contributed by atoms with Gasteiger partial charge in [-0.15, -0.1) is 0 Å². The molecule has 3 heteroatoms. The van der Waals surface area contributed by atoms with Crippen LogP contribution in [0, 0.1) is 0 Å². The molecule has 0 aliphatic rings. The van der Waals surface area contributed by atoms with Crippen LogP contribution in [0.25, 0.3) is 0 Å². The fourth-order valence-corrected chi connectivity index (χ4v) is 1.57. The lowest BCUT2D eigenvalue weighted by Crippen LogP contribution is -2.23. The predicted molar refractivity (Wildman–Crippen MR) is 64.6 cm³/mol. The van der Waals surface area contributed by atoms with Crippen molar-refractivity contribution in [3.8, 4) is 5.75 Å². The normalized spacial score (nSPS) is 12.2. The highest BCUT2D eigenvalue weighted by atomic mass is 16.5. The fourth-order valence-electron chi connectivity index (χ4n) is 1.57. The van der Waals surface area contributed by atoms with Crippen molar-refractivity contribution in [1.82, 2.24) is 0 Å². The Morgan fingerprint density at radius 3 is 2.75 bits per heavy atom. The summed E-state index contributed by atoms with van der Waals surface area (Å²) in [5, 5.41) is 0. The quantitative estimate of drug-likeness (QED) is 0.798. The molecule has 0 spiro atoms. The lowest BCUT2D eigenvalue weighted by Gasteiger charge is -2.09. The van der Waals surface area contributed by atoms with Crippen LogP contribution in [0.15, 0.2) is 24.3 Å². The standard InChI is InChI=1S/C13H19NO2/c1-3-11(14)9-12(15)8-10-6-4-5-7-13(10)16-2/h4-7,11H,3,8-9,14H2,1-2H3. The second kappa shape index (κ2) is 6.28. The first-order chi connectivity index (χ1) is 7.67. The van der Waals surface area contributed by atoms with E-state index in [9.17, 15) is 4.79 Å². The zero-order valence-electron chi connectivity index (χ0n) is 9.90. The number of Topliss-reactive ketones (excluding diaryl/α,β-unsaturated/α-hetero) is 1. The van der Waals surface area contributed by atoms with E-state index in [0.29, 0.717) is 12.8 Å². The van der Waals surface area contributed by atoms with E-state index in [1.165, 1.54) is 0 Å². The van der Waals surface area contributed by atoms with Crippen LogP contribution >= 0.6 is 0 Å². The molecule has 0 aromatic heterocycles. The summed E-state index contributed by atoms with van der Waals surface area (Å²) < 4.78 is 5.19. The number of benzene rings is 1. The number of rotatable bonds is 6. The lowest BCUT2D eigenvalue weighted by atomic mass is 10.0. The summed E-state index contributed by atoms with van der Waals surface area (Å²) in [6.07, 6.45) is 1.67. The first-order valence-electron chi connectivity index (χ1n) is 5.56. The maximum atomic E-state index is 11.7. The molecule has 0 bridgehead atoms. The van der Waals surface area contributed by atoms with Crippen molar-refractivity contribution >= 4 is 5.78 Å². The Bertz CT molecular complexity index is 350. The van der Waals surface area contributed by atoms with Gasteiger partial charge in [0.25, 0.3) is 0 Å². The van der Waals surface area contributed by atoms with E-state index in [2.05, 4.69) is 0 Å². The highest BCUT2D eigenvalue weighted by molar-refractivity contribution is 5.82. The van der Waals surface area contributed by atoms with Crippen LogP contribution in [0.4, 0.5) is 0 Å². The van der Waals surface area contributed by atoms with Gasteiger partial charge in [0.05, 0.1) is 7.11 Å². The Morgan fingerprint density at radius 2 is 2.12 bits per heavy atom. The number of para-hydroxylation sites is 1. The Morgan fingerprint density at radius 1 is 1.44 bits per heavy atom. The second-order valence-electron chi connectivity index (χ2n) is 3.90. The van der Waals surface area contributed by atoms with Gasteiger partial charge in [0.2, 0.25) is 0 Å². The third-order valence-corrected chi connectivity index (χ3v) is 2.59. The van der Waals surface area contributed by atoms with Gasteiger partial charge in [-0.1, -0.05) is 25.1 Å². The first kappa shape index (κ1) is 12.7. The van der Waals surface area contributed by atoms with Crippen molar-refractivity contribution in [2.45, 2.75) is 32.2 Å². The lowest BCUT2D eigenvalue weighted by molar-refractivity contribution is -0.118. The molecule has 88 valence electrons. The Kier molecular flexibility index (Phi) is 4.99. The number of nitrogens with two attached hydrogens (primary N) is 1. The Hall–Kier alpha value is -1.35. The number of carbonyl (C=O) groups excluding carboxylic acids is 1. The van der Waals surface area contributed by atoms with Gasteiger partial charge in [-0.05, 0) is 12.5 Å². The van der Waals surface area contributed by atoms with Gasteiger partial charge in [0.15, 0.2) is 0 Å². The summed E-state index contributed by atoms with van der Waals surface area (Å²) in [6, 6.07) is 7.55. The third-order valence-electron chi connectivity index (χ3n) is 2.59. The average Bonchev–Trinajstić information content (AvgIpc) is 2.29. The van der Waals surface area contributed by atoms with Crippen LogP contribution in [0.3, 0.4) is 0 Å². The monoisotopic (exact) mass is 221 g/mol. The minimum absolute atomic E-state index is 0.0257. The molecule has 0 saturated heterocycles. The maximum absolute atomic E-state index is 11.7. The molecule has 0 fully saturated rings. The van der Waals surface area contributed by atoms with Crippen molar-refractivity contribution in [2.75, 3.05) is 7.11 Å². The van der Waals surface area contributed by atoms with Crippen molar-refractivity contribution in [2.24, 2.45) is 5.73 Å². The number of hydrogen-bond acceptors (Lipinski definition) is 3. The van der Waals surface area contributed by atoms with Gasteiger partial charge in [-0.2, -0.15) is 0 Å². The van der Waals surface area contributed by atoms with Crippen molar-refractivity contribution < 1.29 is 9.53 Å². The predicted octanol–water partition coefficient (Wildman–Crippen LogP) is 1.93. The van der Waals surface area contributed by atoms with Crippen molar-refractivity contribution in [3.63, 3.8) is 0 Å². The smallest absolute Gasteiger partial charge is 0.138 e. The molecule has 1 rings (SSSR count). The molecule has 0 radical (unpaired) electrons. The fraction of sp³-hybridized carbons (Fsp3) is 0.462. The van der Waals surface area contributed by atoms with E-state index in [0.717, 1.165) is 17.7 Å². The van der Waals surface area contributed by atoms with Crippen molar-refractivity contribution in [1.29, 1.82) is 0 Å². The third kappa shape index (κ3) is 3.66. The van der Waals surface area contributed by atoms with Crippen molar-refractivity contribution in [3.05, 3.63) is 29.8 Å². The highest BCUT2D eigenvalue weighted by Crippen LogP contribution is 2.18. The van der Waals surface area contributed by atoms with Gasteiger partial charge in [0, 0.05) is 24.4 Å². The molecule has 1 atom stereocenters. The second-order valence-corrected chi connectivity index (χ2v) is 3.90. The van der Waals surface area contributed by atoms with Gasteiger partial charge >= 0.3 is 0 Å². The summed E-state index contributed by atoms with van der Waals surface area (Å²) in [5.74, 6) is 0.930. The molecular weight excluding hydrogens is 202 g/mol. The van der Waals surface area contributed by atoms with Gasteiger partial charge in [-0.25, -0.2) is 0 Å². The number of ether oxygens (including phenoxy) is 1.